The van der Waals surface area contributed by atoms with Crippen LogP contribution in [0.4, 0.5) is 11.7 Å². The summed E-state index contributed by atoms with van der Waals surface area (Å²) < 4.78 is 5.68. The minimum atomic E-state index is -0.429. The van der Waals surface area contributed by atoms with Crippen LogP contribution >= 0.6 is 0 Å². The molecule has 0 aliphatic carbocycles. The van der Waals surface area contributed by atoms with Gasteiger partial charge in [-0.3, -0.25) is 10.1 Å². The fourth-order valence-corrected chi connectivity index (χ4v) is 2.18. The van der Waals surface area contributed by atoms with Crippen LogP contribution in [-0.4, -0.2) is 35.6 Å². The molecule has 0 spiro atoms. The molecule has 19 heavy (non-hydrogen) atoms. The molecule has 1 aliphatic heterocycles. The van der Waals surface area contributed by atoms with Gasteiger partial charge in [0.05, 0.1) is 11.0 Å². The molecule has 1 aromatic heterocycles. The zero-order chi connectivity index (χ0) is 13.4. The van der Waals surface area contributed by atoms with E-state index in [1.165, 1.54) is 12.1 Å². The lowest BCUT2D eigenvalue weighted by Crippen LogP contribution is -2.57. The fourth-order valence-electron chi connectivity index (χ4n) is 2.18. The minimum Gasteiger partial charge on any atom is -0.423 e. The van der Waals surface area contributed by atoms with Crippen molar-refractivity contribution < 1.29 is 9.34 Å². The average Bonchev–Trinajstić information content (AvgIpc) is 2.75. The summed E-state index contributed by atoms with van der Waals surface area (Å²) in [6.45, 7) is 4.65. The van der Waals surface area contributed by atoms with Crippen LogP contribution in [0.2, 0.25) is 0 Å². The Labute approximate surface area is 109 Å². The van der Waals surface area contributed by atoms with E-state index in [9.17, 15) is 10.1 Å². The van der Waals surface area contributed by atoms with Crippen molar-refractivity contribution in [3.8, 4) is 0 Å². The van der Waals surface area contributed by atoms with Crippen molar-refractivity contribution in [2.45, 2.75) is 13.0 Å². The number of rotatable bonds is 4. The van der Waals surface area contributed by atoms with Crippen LogP contribution in [0.3, 0.4) is 0 Å². The quantitative estimate of drug-likeness (QED) is 0.664. The third-order valence-corrected chi connectivity index (χ3v) is 3.36. The van der Waals surface area contributed by atoms with Gasteiger partial charge in [0.1, 0.15) is 5.52 Å². The smallest absolute Gasteiger partial charge is 0.298 e. The van der Waals surface area contributed by atoms with Crippen LogP contribution in [0.1, 0.15) is 6.92 Å². The van der Waals surface area contributed by atoms with E-state index in [1.54, 1.807) is 6.07 Å². The molecular formula is C12H14N4O3. The second-order valence-electron chi connectivity index (χ2n) is 4.50. The molecule has 0 unspecified atom stereocenters. The molecule has 0 atom stereocenters. The standard InChI is InChI=1S/C12H14N4O3/c1-2-15(9-6-13-7-9)12-14-10-5-8(16(17)18)3-4-11(10)19-12/h3-5,9,13H,2,6-7H2,1H3. The first-order valence-corrected chi connectivity index (χ1v) is 6.21. The van der Waals surface area contributed by atoms with Gasteiger partial charge in [-0.25, -0.2) is 0 Å². The van der Waals surface area contributed by atoms with Gasteiger partial charge in [-0.2, -0.15) is 4.98 Å². The first kappa shape index (κ1) is 11.9. The summed E-state index contributed by atoms with van der Waals surface area (Å²) in [5.74, 6) is 0. The molecular weight excluding hydrogens is 248 g/mol. The maximum atomic E-state index is 10.7. The molecule has 0 bridgehead atoms. The van der Waals surface area contributed by atoms with E-state index in [0.29, 0.717) is 23.2 Å². The first-order valence-electron chi connectivity index (χ1n) is 6.21. The van der Waals surface area contributed by atoms with Gasteiger partial charge >= 0.3 is 0 Å². The summed E-state index contributed by atoms with van der Waals surface area (Å²) in [7, 11) is 0. The molecule has 2 heterocycles. The molecule has 7 nitrogen and oxygen atoms in total. The van der Waals surface area contributed by atoms with E-state index in [4.69, 9.17) is 4.42 Å². The highest BCUT2D eigenvalue weighted by atomic mass is 16.6. The zero-order valence-electron chi connectivity index (χ0n) is 10.5. The summed E-state index contributed by atoms with van der Waals surface area (Å²) in [5.41, 5.74) is 1.13. The van der Waals surface area contributed by atoms with Crippen LogP contribution in [0.15, 0.2) is 22.6 Å². The van der Waals surface area contributed by atoms with Crippen molar-refractivity contribution in [2.24, 2.45) is 0 Å². The van der Waals surface area contributed by atoms with E-state index < -0.39 is 4.92 Å². The maximum Gasteiger partial charge on any atom is 0.298 e. The molecule has 1 fully saturated rings. The Hall–Kier alpha value is -2.15. The number of nitro benzene ring substituents is 1. The Morgan fingerprint density at radius 1 is 1.58 bits per heavy atom. The Morgan fingerprint density at radius 3 is 2.95 bits per heavy atom. The molecule has 2 aromatic rings. The Kier molecular flexibility index (Phi) is 2.83. The molecule has 7 heteroatoms. The lowest BCUT2D eigenvalue weighted by Gasteiger charge is -2.36. The highest BCUT2D eigenvalue weighted by molar-refractivity contribution is 5.77. The van der Waals surface area contributed by atoms with E-state index in [0.717, 1.165) is 19.6 Å². The molecule has 1 aliphatic rings. The number of likely N-dealkylation sites (N-methyl/N-ethyl adjacent to an activating group) is 1. The van der Waals surface area contributed by atoms with Crippen molar-refractivity contribution >= 4 is 22.8 Å². The number of hydrogen-bond donors (Lipinski definition) is 1. The van der Waals surface area contributed by atoms with Gasteiger partial charge in [-0.15, -0.1) is 0 Å². The first-order chi connectivity index (χ1) is 9.19. The number of nitro groups is 1. The van der Waals surface area contributed by atoms with Crippen LogP contribution in [0, 0.1) is 10.1 Å². The van der Waals surface area contributed by atoms with Crippen molar-refractivity contribution in [1.82, 2.24) is 10.3 Å². The third-order valence-electron chi connectivity index (χ3n) is 3.36. The number of nitrogens with zero attached hydrogens (tertiary/aromatic N) is 3. The predicted molar refractivity (Wildman–Crippen MR) is 70.3 cm³/mol. The monoisotopic (exact) mass is 262 g/mol. The SMILES string of the molecule is CCN(c1nc2cc([N+](=O)[O-])ccc2o1)C1CNC1. The van der Waals surface area contributed by atoms with Crippen LogP contribution in [0.5, 0.6) is 0 Å². The highest BCUT2D eigenvalue weighted by Crippen LogP contribution is 2.26. The van der Waals surface area contributed by atoms with E-state index >= 15 is 0 Å². The molecule has 0 amide bonds. The van der Waals surface area contributed by atoms with Gasteiger partial charge in [0.2, 0.25) is 0 Å². The lowest BCUT2D eigenvalue weighted by atomic mass is 10.1. The van der Waals surface area contributed by atoms with Gasteiger partial charge in [-0.05, 0) is 13.0 Å². The van der Waals surface area contributed by atoms with Crippen LogP contribution in [-0.2, 0) is 0 Å². The average molecular weight is 262 g/mol. The van der Waals surface area contributed by atoms with Crippen molar-refractivity contribution in [1.29, 1.82) is 0 Å². The molecule has 1 aromatic carbocycles. The van der Waals surface area contributed by atoms with Gasteiger partial charge in [0.15, 0.2) is 5.58 Å². The summed E-state index contributed by atoms with van der Waals surface area (Å²) in [5, 5.41) is 13.9. The van der Waals surface area contributed by atoms with Gasteiger partial charge in [0, 0.05) is 31.8 Å². The highest BCUT2D eigenvalue weighted by Gasteiger charge is 2.27. The number of benzene rings is 1. The summed E-state index contributed by atoms with van der Waals surface area (Å²) in [6, 6.07) is 5.38. The van der Waals surface area contributed by atoms with Crippen LogP contribution in [0.25, 0.3) is 11.1 Å². The number of hydrogen-bond acceptors (Lipinski definition) is 6. The third kappa shape index (κ3) is 2.01. The molecule has 100 valence electrons. The van der Waals surface area contributed by atoms with Gasteiger partial charge in [-0.1, -0.05) is 0 Å². The Morgan fingerprint density at radius 2 is 2.37 bits per heavy atom. The normalized spacial score (nSPS) is 15.4. The fraction of sp³-hybridized carbons (Fsp3) is 0.417. The van der Waals surface area contributed by atoms with Crippen molar-refractivity contribution in [2.75, 3.05) is 24.5 Å². The second kappa shape index (κ2) is 4.51. The largest absolute Gasteiger partial charge is 0.423 e. The summed E-state index contributed by atoms with van der Waals surface area (Å²) in [6.07, 6.45) is 0. The molecule has 1 saturated heterocycles. The summed E-state index contributed by atoms with van der Waals surface area (Å²) in [4.78, 5) is 16.7. The second-order valence-corrected chi connectivity index (χ2v) is 4.50. The van der Waals surface area contributed by atoms with Crippen LogP contribution < -0.4 is 10.2 Å². The number of oxazole rings is 1. The number of non-ortho nitro benzene ring substituents is 1. The summed E-state index contributed by atoms with van der Waals surface area (Å²) >= 11 is 0. The maximum absolute atomic E-state index is 10.7. The Balaban J connectivity index is 1.98. The van der Waals surface area contributed by atoms with E-state index in [2.05, 4.69) is 15.2 Å². The van der Waals surface area contributed by atoms with Gasteiger partial charge < -0.3 is 14.6 Å². The van der Waals surface area contributed by atoms with E-state index in [-0.39, 0.29) is 5.69 Å². The number of nitrogens with one attached hydrogen (secondary N) is 1. The number of anilines is 1. The molecule has 0 radical (unpaired) electrons. The van der Waals surface area contributed by atoms with E-state index in [1.807, 2.05) is 6.92 Å². The zero-order valence-corrected chi connectivity index (χ0v) is 10.5. The molecule has 0 saturated carbocycles. The van der Waals surface area contributed by atoms with Gasteiger partial charge in [0.25, 0.3) is 11.7 Å². The topological polar surface area (TPSA) is 84.4 Å². The number of aromatic nitrogens is 1. The molecule has 1 N–H and O–H groups in total. The van der Waals surface area contributed by atoms with Crippen molar-refractivity contribution in [3.05, 3.63) is 28.3 Å². The molecule has 3 rings (SSSR count). The minimum absolute atomic E-state index is 0.0284. The predicted octanol–water partition coefficient (Wildman–Crippen LogP) is 1.53. The van der Waals surface area contributed by atoms with Crippen molar-refractivity contribution in [3.63, 3.8) is 0 Å². The Bertz CT molecular complexity index is 620. The number of fused-ring (bicyclic) bond motifs is 1. The lowest BCUT2D eigenvalue weighted by molar-refractivity contribution is -0.384.